The molecule has 1 aromatic rings. The number of aryl methyl sites for hydroxylation is 1. The molecule has 2 nitrogen and oxygen atoms in total. The van der Waals surface area contributed by atoms with Gasteiger partial charge < -0.3 is 10.5 Å². The fraction of sp³-hybridized carbons (Fsp3) is 0.600. The maximum Gasteiger partial charge on any atom is 0.168 e. The highest BCUT2D eigenvalue weighted by molar-refractivity contribution is 5.31. The van der Waals surface area contributed by atoms with Crippen molar-refractivity contribution in [3.63, 3.8) is 0 Å². The van der Waals surface area contributed by atoms with Gasteiger partial charge >= 0.3 is 0 Å². The van der Waals surface area contributed by atoms with Gasteiger partial charge in [-0.3, -0.25) is 0 Å². The predicted molar refractivity (Wildman–Crippen MR) is 73.3 cm³/mol. The van der Waals surface area contributed by atoms with Crippen LogP contribution in [0.1, 0.15) is 39.2 Å². The van der Waals surface area contributed by atoms with Crippen molar-refractivity contribution in [2.75, 3.05) is 7.11 Å². The highest BCUT2D eigenvalue weighted by atomic mass is 19.1. The average molecular weight is 253 g/mol. The minimum absolute atomic E-state index is 0.104. The number of ether oxygens (including phenoxy) is 1. The third kappa shape index (κ3) is 3.98. The molecule has 0 aliphatic rings. The van der Waals surface area contributed by atoms with Gasteiger partial charge in [0.05, 0.1) is 7.11 Å². The SMILES string of the molecule is COc1cccc(CCCC(N)C(C)(C)C)c1F. The number of rotatable bonds is 5. The lowest BCUT2D eigenvalue weighted by atomic mass is 9.84. The molecule has 0 fully saturated rings. The second-order valence-corrected chi connectivity index (χ2v) is 5.80. The maximum absolute atomic E-state index is 13.9. The molecule has 1 atom stereocenters. The Hall–Kier alpha value is -1.09. The van der Waals surface area contributed by atoms with Gasteiger partial charge in [-0.25, -0.2) is 4.39 Å². The summed E-state index contributed by atoms with van der Waals surface area (Å²) in [5.41, 5.74) is 6.90. The molecule has 0 saturated carbocycles. The van der Waals surface area contributed by atoms with E-state index in [0.29, 0.717) is 17.7 Å². The Morgan fingerprint density at radius 2 is 2.00 bits per heavy atom. The number of methoxy groups -OCH3 is 1. The number of hydrogen-bond donors (Lipinski definition) is 1. The van der Waals surface area contributed by atoms with Crippen molar-refractivity contribution in [3.05, 3.63) is 29.6 Å². The molecule has 0 aliphatic carbocycles. The Morgan fingerprint density at radius 1 is 1.33 bits per heavy atom. The van der Waals surface area contributed by atoms with Gasteiger partial charge in [-0.2, -0.15) is 0 Å². The van der Waals surface area contributed by atoms with Crippen LogP contribution in [0.4, 0.5) is 4.39 Å². The Kier molecular flexibility index (Phi) is 5.15. The minimum atomic E-state index is -0.246. The Balaban J connectivity index is 2.55. The van der Waals surface area contributed by atoms with Gasteiger partial charge in [-0.1, -0.05) is 32.9 Å². The molecule has 2 N–H and O–H groups in total. The number of nitrogens with two attached hydrogens (primary N) is 1. The van der Waals surface area contributed by atoms with Crippen molar-refractivity contribution in [2.24, 2.45) is 11.1 Å². The molecule has 102 valence electrons. The van der Waals surface area contributed by atoms with Gasteiger partial charge in [0.2, 0.25) is 0 Å². The summed E-state index contributed by atoms with van der Waals surface area (Å²) in [6.07, 6.45) is 2.50. The van der Waals surface area contributed by atoms with E-state index in [1.54, 1.807) is 12.1 Å². The van der Waals surface area contributed by atoms with Crippen LogP contribution in [0.3, 0.4) is 0 Å². The normalized spacial score (nSPS) is 13.4. The number of halogens is 1. The first-order chi connectivity index (χ1) is 8.36. The lowest BCUT2D eigenvalue weighted by Crippen LogP contribution is -2.34. The third-order valence-electron chi connectivity index (χ3n) is 3.34. The van der Waals surface area contributed by atoms with Crippen LogP contribution < -0.4 is 10.5 Å². The highest BCUT2D eigenvalue weighted by Gasteiger charge is 2.20. The molecule has 0 heterocycles. The Labute approximate surface area is 109 Å². The fourth-order valence-electron chi connectivity index (χ4n) is 1.85. The summed E-state index contributed by atoms with van der Waals surface area (Å²) in [5.74, 6) is 0.0666. The maximum atomic E-state index is 13.9. The van der Waals surface area contributed by atoms with Crippen LogP contribution in [-0.2, 0) is 6.42 Å². The zero-order chi connectivity index (χ0) is 13.8. The molecule has 18 heavy (non-hydrogen) atoms. The molecule has 0 aromatic heterocycles. The molecule has 0 spiro atoms. The average Bonchev–Trinajstić information content (AvgIpc) is 2.30. The lowest BCUT2D eigenvalue weighted by Gasteiger charge is -2.27. The van der Waals surface area contributed by atoms with Crippen molar-refractivity contribution < 1.29 is 9.13 Å². The van der Waals surface area contributed by atoms with Gasteiger partial charge in [0, 0.05) is 6.04 Å². The predicted octanol–water partition coefficient (Wildman–Crippen LogP) is 3.53. The number of hydrogen-bond acceptors (Lipinski definition) is 2. The van der Waals surface area contributed by atoms with E-state index >= 15 is 0 Å². The number of benzene rings is 1. The summed E-state index contributed by atoms with van der Waals surface area (Å²) in [6, 6.07) is 5.41. The minimum Gasteiger partial charge on any atom is -0.494 e. The van der Waals surface area contributed by atoms with Crippen LogP contribution in [0.5, 0.6) is 5.75 Å². The summed E-state index contributed by atoms with van der Waals surface area (Å²) in [4.78, 5) is 0. The van der Waals surface area contributed by atoms with Crippen LogP contribution in [-0.4, -0.2) is 13.2 Å². The van der Waals surface area contributed by atoms with Crippen molar-refractivity contribution in [3.8, 4) is 5.75 Å². The molecule has 0 bridgehead atoms. The zero-order valence-electron chi connectivity index (χ0n) is 11.8. The van der Waals surface area contributed by atoms with E-state index in [0.717, 1.165) is 12.8 Å². The van der Waals surface area contributed by atoms with Crippen molar-refractivity contribution in [1.82, 2.24) is 0 Å². The van der Waals surface area contributed by atoms with Crippen LogP contribution in [0.15, 0.2) is 18.2 Å². The molecule has 0 saturated heterocycles. The van der Waals surface area contributed by atoms with E-state index in [4.69, 9.17) is 10.5 Å². The lowest BCUT2D eigenvalue weighted by molar-refractivity contribution is 0.301. The fourth-order valence-corrected chi connectivity index (χ4v) is 1.85. The first kappa shape index (κ1) is 15.0. The van der Waals surface area contributed by atoms with Crippen molar-refractivity contribution in [2.45, 2.75) is 46.1 Å². The van der Waals surface area contributed by atoms with Gasteiger partial charge in [0.25, 0.3) is 0 Å². The van der Waals surface area contributed by atoms with Crippen LogP contribution in [0, 0.1) is 11.2 Å². The van der Waals surface area contributed by atoms with E-state index in [1.165, 1.54) is 7.11 Å². The summed E-state index contributed by atoms with van der Waals surface area (Å²) in [6.45, 7) is 6.39. The van der Waals surface area contributed by atoms with Gasteiger partial charge in [-0.15, -0.1) is 0 Å². The summed E-state index contributed by atoms with van der Waals surface area (Å²) in [7, 11) is 1.48. The summed E-state index contributed by atoms with van der Waals surface area (Å²) in [5, 5.41) is 0. The second-order valence-electron chi connectivity index (χ2n) is 5.80. The summed E-state index contributed by atoms with van der Waals surface area (Å²) >= 11 is 0. The molecule has 1 unspecified atom stereocenters. The highest BCUT2D eigenvalue weighted by Crippen LogP contribution is 2.24. The van der Waals surface area contributed by atoms with Crippen LogP contribution in [0.2, 0.25) is 0 Å². The molecule has 0 aliphatic heterocycles. The van der Waals surface area contributed by atoms with Crippen molar-refractivity contribution in [1.29, 1.82) is 0 Å². The van der Waals surface area contributed by atoms with E-state index in [-0.39, 0.29) is 17.3 Å². The molecule has 3 heteroatoms. The molecule has 0 radical (unpaired) electrons. The topological polar surface area (TPSA) is 35.2 Å². The van der Waals surface area contributed by atoms with E-state index in [2.05, 4.69) is 20.8 Å². The molecule has 1 aromatic carbocycles. The van der Waals surface area contributed by atoms with E-state index in [1.807, 2.05) is 6.07 Å². The second kappa shape index (κ2) is 6.19. The van der Waals surface area contributed by atoms with Crippen molar-refractivity contribution >= 4 is 0 Å². The van der Waals surface area contributed by atoms with Gasteiger partial charge in [-0.05, 0) is 36.3 Å². The van der Waals surface area contributed by atoms with Gasteiger partial charge in [0.15, 0.2) is 11.6 Å². The van der Waals surface area contributed by atoms with E-state index in [9.17, 15) is 4.39 Å². The van der Waals surface area contributed by atoms with Crippen LogP contribution in [0.25, 0.3) is 0 Å². The third-order valence-corrected chi connectivity index (χ3v) is 3.34. The largest absolute Gasteiger partial charge is 0.494 e. The van der Waals surface area contributed by atoms with Gasteiger partial charge in [0.1, 0.15) is 0 Å². The summed E-state index contributed by atoms with van der Waals surface area (Å²) < 4.78 is 18.8. The Morgan fingerprint density at radius 3 is 2.56 bits per heavy atom. The van der Waals surface area contributed by atoms with E-state index < -0.39 is 0 Å². The smallest absolute Gasteiger partial charge is 0.168 e. The quantitative estimate of drug-likeness (QED) is 0.871. The molecule has 0 amide bonds. The first-order valence-electron chi connectivity index (χ1n) is 6.43. The molecule has 1 rings (SSSR count). The zero-order valence-corrected chi connectivity index (χ0v) is 11.8. The monoisotopic (exact) mass is 253 g/mol. The Bertz CT molecular complexity index is 385. The van der Waals surface area contributed by atoms with Crippen LogP contribution >= 0.6 is 0 Å². The standard InChI is InChI=1S/C15H24FNO/c1-15(2,3)13(17)10-6-8-11-7-5-9-12(18-4)14(11)16/h5,7,9,13H,6,8,10,17H2,1-4H3. The molecular formula is C15H24FNO. The first-order valence-corrected chi connectivity index (χ1v) is 6.43. The molecular weight excluding hydrogens is 229 g/mol.